The molecule has 0 spiro atoms. The van der Waals surface area contributed by atoms with Crippen molar-refractivity contribution in [3.05, 3.63) is 11.6 Å². The molecule has 4 nitrogen and oxygen atoms in total. The number of imide groups is 1. The Labute approximate surface area is 103 Å². The van der Waals surface area contributed by atoms with Crippen LogP contribution in [0.1, 0.15) is 40.5 Å². The van der Waals surface area contributed by atoms with Crippen LogP contribution in [0, 0.1) is 11.8 Å². The summed E-state index contributed by atoms with van der Waals surface area (Å²) in [6, 6.07) is 0. The lowest BCUT2D eigenvalue weighted by Gasteiger charge is -2.17. The molecule has 4 heteroatoms. The van der Waals surface area contributed by atoms with E-state index in [4.69, 9.17) is 0 Å². The highest BCUT2D eigenvalue weighted by atomic mass is 16.5. The predicted molar refractivity (Wildman–Crippen MR) is 67.5 cm³/mol. The van der Waals surface area contributed by atoms with E-state index in [1.54, 1.807) is 0 Å². The molecule has 2 unspecified atom stereocenters. The number of methoxy groups -OCH3 is 1. The standard InChI is InChI=1S/C13H23NO3/c1-9(2)7-6-8-10(3)11(4)12(15)14-13(16)17-5/h7,10-11H,6,8H2,1-5H3,(H,14,15,16). The molecule has 0 aliphatic heterocycles. The van der Waals surface area contributed by atoms with Gasteiger partial charge in [0.05, 0.1) is 7.11 Å². The van der Waals surface area contributed by atoms with Crippen LogP contribution in [0.25, 0.3) is 0 Å². The molecule has 0 saturated carbocycles. The van der Waals surface area contributed by atoms with Crippen LogP contribution in [0.4, 0.5) is 4.79 Å². The molecule has 0 aliphatic carbocycles. The maximum atomic E-state index is 11.6. The maximum absolute atomic E-state index is 11.6. The Morgan fingerprint density at radius 2 is 1.88 bits per heavy atom. The second-order valence-electron chi connectivity index (χ2n) is 4.61. The molecular weight excluding hydrogens is 218 g/mol. The third-order valence-electron chi connectivity index (χ3n) is 2.85. The van der Waals surface area contributed by atoms with E-state index in [2.05, 4.69) is 30.0 Å². The first kappa shape index (κ1) is 15.7. The third kappa shape index (κ3) is 6.76. The van der Waals surface area contributed by atoms with Gasteiger partial charge in [0, 0.05) is 5.92 Å². The summed E-state index contributed by atoms with van der Waals surface area (Å²) in [4.78, 5) is 22.5. The van der Waals surface area contributed by atoms with E-state index in [0.29, 0.717) is 0 Å². The van der Waals surface area contributed by atoms with Crippen molar-refractivity contribution in [2.45, 2.75) is 40.5 Å². The van der Waals surface area contributed by atoms with E-state index in [1.165, 1.54) is 12.7 Å². The second-order valence-corrected chi connectivity index (χ2v) is 4.61. The number of allylic oxidation sites excluding steroid dienone is 2. The fraction of sp³-hybridized carbons (Fsp3) is 0.692. The van der Waals surface area contributed by atoms with Gasteiger partial charge in [0.15, 0.2) is 0 Å². The highest BCUT2D eigenvalue weighted by molar-refractivity contribution is 5.92. The van der Waals surface area contributed by atoms with E-state index in [0.717, 1.165) is 12.8 Å². The summed E-state index contributed by atoms with van der Waals surface area (Å²) in [5.74, 6) is -0.239. The lowest BCUT2D eigenvalue weighted by molar-refractivity contribution is -0.125. The third-order valence-corrected chi connectivity index (χ3v) is 2.85. The predicted octanol–water partition coefficient (Wildman–Crippen LogP) is 2.89. The molecule has 0 fully saturated rings. The molecule has 1 N–H and O–H groups in total. The normalized spacial score (nSPS) is 13.5. The fourth-order valence-corrected chi connectivity index (χ4v) is 1.41. The highest BCUT2D eigenvalue weighted by Crippen LogP contribution is 2.17. The fourth-order valence-electron chi connectivity index (χ4n) is 1.41. The summed E-state index contributed by atoms with van der Waals surface area (Å²) in [5.41, 5.74) is 1.28. The van der Waals surface area contributed by atoms with Crippen LogP contribution in [-0.4, -0.2) is 19.1 Å². The molecule has 0 aromatic heterocycles. The molecule has 0 rings (SSSR count). The zero-order valence-corrected chi connectivity index (χ0v) is 11.4. The van der Waals surface area contributed by atoms with Crippen LogP contribution >= 0.6 is 0 Å². The summed E-state index contributed by atoms with van der Waals surface area (Å²) in [6.07, 6.45) is 3.35. The van der Waals surface area contributed by atoms with Crippen molar-refractivity contribution in [2.75, 3.05) is 7.11 Å². The molecule has 98 valence electrons. The Bertz CT molecular complexity index is 293. The summed E-state index contributed by atoms with van der Waals surface area (Å²) < 4.78 is 4.38. The van der Waals surface area contributed by atoms with Crippen LogP contribution in [-0.2, 0) is 9.53 Å². The van der Waals surface area contributed by atoms with Gasteiger partial charge in [0.1, 0.15) is 0 Å². The van der Waals surface area contributed by atoms with E-state index in [1.807, 2.05) is 13.8 Å². The molecule has 0 saturated heterocycles. The van der Waals surface area contributed by atoms with Crippen molar-refractivity contribution in [1.29, 1.82) is 0 Å². The summed E-state index contributed by atoms with van der Waals surface area (Å²) >= 11 is 0. The number of rotatable bonds is 5. The van der Waals surface area contributed by atoms with Gasteiger partial charge in [-0.2, -0.15) is 0 Å². The minimum Gasteiger partial charge on any atom is -0.453 e. The van der Waals surface area contributed by atoms with Gasteiger partial charge < -0.3 is 4.74 Å². The lowest BCUT2D eigenvalue weighted by Crippen LogP contribution is -2.36. The van der Waals surface area contributed by atoms with Gasteiger partial charge in [-0.1, -0.05) is 25.5 Å². The van der Waals surface area contributed by atoms with Crippen LogP contribution in [0.15, 0.2) is 11.6 Å². The van der Waals surface area contributed by atoms with Crippen molar-refractivity contribution >= 4 is 12.0 Å². The number of hydrogen-bond donors (Lipinski definition) is 1. The summed E-state index contributed by atoms with van der Waals surface area (Å²) in [7, 11) is 1.24. The zero-order chi connectivity index (χ0) is 13.4. The Kier molecular flexibility index (Phi) is 7.26. The summed E-state index contributed by atoms with van der Waals surface area (Å²) in [6.45, 7) is 7.95. The number of nitrogens with one attached hydrogen (secondary N) is 1. The summed E-state index contributed by atoms with van der Waals surface area (Å²) in [5, 5.41) is 2.19. The number of carbonyl (C=O) groups is 2. The first-order valence-electron chi connectivity index (χ1n) is 5.90. The molecular formula is C13H23NO3. The van der Waals surface area contributed by atoms with Crippen molar-refractivity contribution < 1.29 is 14.3 Å². The number of ether oxygens (including phenoxy) is 1. The molecule has 0 aromatic rings. The SMILES string of the molecule is COC(=O)NC(=O)C(C)C(C)CCC=C(C)C. The van der Waals surface area contributed by atoms with E-state index < -0.39 is 6.09 Å². The van der Waals surface area contributed by atoms with E-state index in [-0.39, 0.29) is 17.7 Å². The van der Waals surface area contributed by atoms with Crippen LogP contribution in [0.2, 0.25) is 0 Å². The number of amides is 2. The van der Waals surface area contributed by atoms with Crippen molar-refractivity contribution in [2.24, 2.45) is 11.8 Å². The second kappa shape index (κ2) is 7.87. The zero-order valence-electron chi connectivity index (χ0n) is 11.4. The van der Waals surface area contributed by atoms with Gasteiger partial charge in [-0.15, -0.1) is 0 Å². The molecule has 0 radical (unpaired) electrons. The van der Waals surface area contributed by atoms with Crippen molar-refractivity contribution in [3.63, 3.8) is 0 Å². The Morgan fingerprint density at radius 3 is 2.35 bits per heavy atom. The minimum atomic E-state index is -0.696. The topological polar surface area (TPSA) is 55.4 Å². The molecule has 17 heavy (non-hydrogen) atoms. The van der Waals surface area contributed by atoms with Gasteiger partial charge in [0.25, 0.3) is 0 Å². The van der Waals surface area contributed by atoms with E-state index >= 15 is 0 Å². The first-order chi connectivity index (χ1) is 7.88. The Hall–Kier alpha value is -1.32. The molecule has 2 atom stereocenters. The first-order valence-corrected chi connectivity index (χ1v) is 5.90. The Morgan fingerprint density at radius 1 is 1.29 bits per heavy atom. The molecule has 0 aromatic carbocycles. The van der Waals surface area contributed by atoms with E-state index in [9.17, 15) is 9.59 Å². The van der Waals surface area contributed by atoms with Crippen LogP contribution in [0.3, 0.4) is 0 Å². The monoisotopic (exact) mass is 241 g/mol. The maximum Gasteiger partial charge on any atom is 0.413 e. The largest absolute Gasteiger partial charge is 0.453 e. The van der Waals surface area contributed by atoms with Gasteiger partial charge in [-0.25, -0.2) is 4.79 Å². The molecule has 2 amide bonds. The van der Waals surface area contributed by atoms with Crippen LogP contribution < -0.4 is 5.32 Å². The minimum absolute atomic E-state index is 0.195. The number of hydrogen-bond acceptors (Lipinski definition) is 3. The average Bonchev–Trinajstić information content (AvgIpc) is 2.26. The Balaban J connectivity index is 4.11. The van der Waals surface area contributed by atoms with Gasteiger partial charge in [-0.05, 0) is 32.6 Å². The van der Waals surface area contributed by atoms with Crippen molar-refractivity contribution in [3.8, 4) is 0 Å². The van der Waals surface area contributed by atoms with Gasteiger partial charge in [0.2, 0.25) is 5.91 Å². The average molecular weight is 241 g/mol. The van der Waals surface area contributed by atoms with Crippen LogP contribution in [0.5, 0.6) is 0 Å². The van der Waals surface area contributed by atoms with Crippen molar-refractivity contribution in [1.82, 2.24) is 5.32 Å². The molecule has 0 aliphatic rings. The number of carbonyl (C=O) groups excluding carboxylic acids is 2. The smallest absolute Gasteiger partial charge is 0.413 e. The van der Waals surface area contributed by atoms with Gasteiger partial charge in [-0.3, -0.25) is 10.1 Å². The molecule has 0 bridgehead atoms. The quantitative estimate of drug-likeness (QED) is 0.753. The molecule has 0 heterocycles. The lowest BCUT2D eigenvalue weighted by atomic mass is 9.90. The highest BCUT2D eigenvalue weighted by Gasteiger charge is 2.21. The number of alkyl carbamates (subject to hydrolysis) is 1. The van der Waals surface area contributed by atoms with Gasteiger partial charge >= 0.3 is 6.09 Å².